The third-order valence-corrected chi connectivity index (χ3v) is 7.48. The molecule has 2 atom stereocenters. The minimum Gasteiger partial charge on any atom is -0.496 e. The van der Waals surface area contributed by atoms with Crippen molar-refractivity contribution >= 4 is 28.4 Å². The number of benzene rings is 3. The summed E-state index contributed by atoms with van der Waals surface area (Å²) in [4.78, 5) is 16.4. The highest BCUT2D eigenvalue weighted by Crippen LogP contribution is 2.45. The Hall–Kier alpha value is -3.27. The molecule has 5 rings (SSSR count). The second-order valence-corrected chi connectivity index (χ2v) is 9.13. The van der Waals surface area contributed by atoms with Crippen molar-refractivity contribution in [3.8, 4) is 11.8 Å². The zero-order valence-corrected chi connectivity index (χ0v) is 18.7. The number of amides is 1. The molecule has 160 valence electrons. The predicted octanol–water partition coefficient (Wildman–Crippen LogP) is 3.65. The second kappa shape index (κ2) is 8.70. The lowest BCUT2D eigenvalue weighted by atomic mass is 9.83. The van der Waals surface area contributed by atoms with E-state index in [-0.39, 0.29) is 18.2 Å². The Morgan fingerprint density at radius 3 is 2.69 bits per heavy atom. The Labute approximate surface area is 191 Å². The van der Waals surface area contributed by atoms with Crippen LogP contribution in [0.25, 0.3) is 10.8 Å². The van der Waals surface area contributed by atoms with Gasteiger partial charge in [0, 0.05) is 23.5 Å². The van der Waals surface area contributed by atoms with Crippen molar-refractivity contribution in [1.82, 2.24) is 4.90 Å². The normalized spacial score (nSPS) is 20.8. The smallest absolute Gasteiger partial charge is 0.232 e. The Bertz CT molecular complexity index is 1250. The summed E-state index contributed by atoms with van der Waals surface area (Å²) in [5.41, 5.74) is 2.85. The average Bonchev–Trinajstić information content (AvgIpc) is 2.84. The van der Waals surface area contributed by atoms with E-state index in [2.05, 4.69) is 24.3 Å². The minimum atomic E-state index is -0.303. The molecule has 1 unspecified atom stereocenters. The maximum Gasteiger partial charge on any atom is 0.232 e. The van der Waals surface area contributed by atoms with Crippen molar-refractivity contribution in [2.45, 2.75) is 18.9 Å². The molecule has 3 aromatic carbocycles. The van der Waals surface area contributed by atoms with Crippen LogP contribution in [0.1, 0.15) is 23.5 Å². The number of nitriles is 1. The van der Waals surface area contributed by atoms with Crippen molar-refractivity contribution in [3.63, 3.8) is 0 Å². The first-order valence-corrected chi connectivity index (χ1v) is 11.7. The molecule has 2 heterocycles. The van der Waals surface area contributed by atoms with Gasteiger partial charge in [-0.25, -0.2) is 0 Å². The van der Waals surface area contributed by atoms with Crippen LogP contribution in [0.2, 0.25) is 0 Å². The van der Waals surface area contributed by atoms with Crippen LogP contribution in [0.15, 0.2) is 77.3 Å². The van der Waals surface area contributed by atoms with Gasteiger partial charge in [-0.1, -0.05) is 60.7 Å². The van der Waals surface area contributed by atoms with Crippen molar-refractivity contribution in [2.24, 2.45) is 0 Å². The fourth-order valence-corrected chi connectivity index (χ4v) is 5.93. The van der Waals surface area contributed by atoms with Crippen LogP contribution in [0.3, 0.4) is 0 Å². The van der Waals surface area contributed by atoms with E-state index in [1.807, 2.05) is 53.4 Å². The van der Waals surface area contributed by atoms with Crippen LogP contribution in [0, 0.1) is 11.3 Å². The van der Waals surface area contributed by atoms with Gasteiger partial charge in [0.25, 0.3) is 0 Å². The fraction of sp³-hybridized carbons (Fsp3) is 0.231. The molecule has 0 radical (unpaired) electrons. The molecule has 32 heavy (non-hydrogen) atoms. The first kappa shape index (κ1) is 20.6. The number of ether oxygens (including phenoxy) is 1. The molecule has 1 saturated heterocycles. The number of carbonyl (C=O) groups excluding carboxylic acids is 1. The number of methoxy groups -OCH3 is 1. The number of quaternary nitrogens is 1. The largest absolute Gasteiger partial charge is 0.496 e. The molecular weight excluding hydrogens is 418 g/mol. The lowest BCUT2D eigenvalue weighted by Gasteiger charge is -2.39. The number of nitrogens with zero attached hydrogens (tertiary/aromatic N) is 2. The summed E-state index contributed by atoms with van der Waals surface area (Å²) in [5, 5.41) is 13.1. The molecule has 2 aliphatic heterocycles. The standard InChI is InChI=1S/C26H23N3O2S/c1-31-23-12-11-19-9-5-6-10-20(19)25(23)21-13-24(30)29-16-28(15-18-7-3-2-4-8-18)17-32-26(29)22(21)14-27/h2-12,21H,13,15-17H2,1H3/p+1/t21-/m0/s1. The maximum absolute atomic E-state index is 13.3. The van der Waals surface area contributed by atoms with Gasteiger partial charge in [-0.15, -0.1) is 0 Å². The molecule has 1 amide bonds. The number of carbonyl (C=O) groups is 1. The molecule has 0 spiro atoms. The first-order valence-electron chi connectivity index (χ1n) is 10.7. The van der Waals surface area contributed by atoms with E-state index in [0.29, 0.717) is 12.2 Å². The number of thioether (sulfide) groups is 1. The summed E-state index contributed by atoms with van der Waals surface area (Å²) in [6, 6.07) is 24.8. The third kappa shape index (κ3) is 3.64. The third-order valence-electron chi connectivity index (χ3n) is 6.22. The molecule has 0 aliphatic carbocycles. The summed E-state index contributed by atoms with van der Waals surface area (Å²) >= 11 is 1.61. The Morgan fingerprint density at radius 1 is 1.12 bits per heavy atom. The monoisotopic (exact) mass is 442 g/mol. The van der Waals surface area contributed by atoms with E-state index in [4.69, 9.17) is 4.74 Å². The quantitative estimate of drug-likeness (QED) is 0.670. The van der Waals surface area contributed by atoms with Gasteiger partial charge in [0.1, 0.15) is 23.2 Å². The SMILES string of the molecule is COc1ccc2ccccc2c1[C@H]1CC(=O)N2C[NH+](Cc3ccccc3)CSC2=C1C#N. The van der Waals surface area contributed by atoms with E-state index in [1.54, 1.807) is 18.9 Å². The van der Waals surface area contributed by atoms with Crippen LogP contribution in [0.4, 0.5) is 0 Å². The molecular formula is C26H24N3O2S+. The molecule has 6 heteroatoms. The summed E-state index contributed by atoms with van der Waals surface area (Å²) in [5.74, 6) is 1.30. The van der Waals surface area contributed by atoms with Gasteiger partial charge in [0.15, 0.2) is 6.67 Å². The van der Waals surface area contributed by atoms with Gasteiger partial charge in [-0.3, -0.25) is 9.69 Å². The molecule has 1 N–H and O–H groups in total. The number of rotatable bonds is 4. The number of hydrogen-bond donors (Lipinski definition) is 1. The van der Waals surface area contributed by atoms with Crippen LogP contribution in [-0.2, 0) is 11.3 Å². The summed E-state index contributed by atoms with van der Waals surface area (Å²) in [6.07, 6.45) is 0.274. The molecule has 0 aromatic heterocycles. The number of nitrogens with one attached hydrogen (secondary N) is 1. The van der Waals surface area contributed by atoms with Gasteiger partial charge in [-0.2, -0.15) is 5.26 Å². The van der Waals surface area contributed by atoms with E-state index < -0.39 is 0 Å². The maximum atomic E-state index is 13.3. The van der Waals surface area contributed by atoms with Crippen LogP contribution in [-0.4, -0.2) is 30.5 Å². The fourth-order valence-electron chi connectivity index (χ4n) is 4.73. The lowest BCUT2D eigenvalue weighted by molar-refractivity contribution is -0.910. The Morgan fingerprint density at radius 2 is 1.91 bits per heavy atom. The highest BCUT2D eigenvalue weighted by atomic mass is 32.2. The Balaban J connectivity index is 1.53. The molecule has 0 bridgehead atoms. The number of fused-ring (bicyclic) bond motifs is 2. The summed E-state index contributed by atoms with van der Waals surface area (Å²) in [6.45, 7) is 1.44. The zero-order valence-electron chi connectivity index (χ0n) is 17.9. The first-order chi connectivity index (χ1) is 15.7. The van der Waals surface area contributed by atoms with Gasteiger partial charge in [0.2, 0.25) is 5.91 Å². The van der Waals surface area contributed by atoms with Crippen LogP contribution in [0.5, 0.6) is 5.75 Å². The minimum absolute atomic E-state index is 0.0664. The Kier molecular flexibility index (Phi) is 5.60. The molecule has 3 aromatic rings. The molecule has 2 aliphatic rings. The van der Waals surface area contributed by atoms with E-state index >= 15 is 0 Å². The predicted molar refractivity (Wildman–Crippen MR) is 126 cm³/mol. The van der Waals surface area contributed by atoms with Crippen LogP contribution >= 0.6 is 11.8 Å². The van der Waals surface area contributed by atoms with Crippen molar-refractivity contribution in [2.75, 3.05) is 19.7 Å². The topological polar surface area (TPSA) is 57.8 Å². The summed E-state index contributed by atoms with van der Waals surface area (Å²) < 4.78 is 5.69. The van der Waals surface area contributed by atoms with Crippen molar-refractivity contribution < 1.29 is 14.4 Å². The van der Waals surface area contributed by atoms with Crippen molar-refractivity contribution in [1.29, 1.82) is 5.26 Å². The van der Waals surface area contributed by atoms with Gasteiger partial charge < -0.3 is 9.64 Å². The van der Waals surface area contributed by atoms with Crippen LogP contribution < -0.4 is 9.64 Å². The number of hydrogen-bond acceptors (Lipinski definition) is 4. The lowest BCUT2D eigenvalue weighted by Crippen LogP contribution is -3.12. The molecule has 1 fully saturated rings. The molecule has 0 saturated carbocycles. The van der Waals surface area contributed by atoms with E-state index in [1.165, 1.54) is 10.5 Å². The zero-order chi connectivity index (χ0) is 22.1. The van der Waals surface area contributed by atoms with E-state index in [9.17, 15) is 10.1 Å². The number of allylic oxidation sites excluding steroid dienone is 1. The van der Waals surface area contributed by atoms with Gasteiger partial charge in [0.05, 0.1) is 18.8 Å². The van der Waals surface area contributed by atoms with Crippen molar-refractivity contribution in [3.05, 3.63) is 88.5 Å². The highest BCUT2D eigenvalue weighted by Gasteiger charge is 2.41. The average molecular weight is 443 g/mol. The van der Waals surface area contributed by atoms with Gasteiger partial charge in [-0.05, 0) is 28.6 Å². The van der Waals surface area contributed by atoms with Gasteiger partial charge >= 0.3 is 0 Å². The summed E-state index contributed by atoms with van der Waals surface area (Å²) in [7, 11) is 1.64. The second-order valence-electron chi connectivity index (χ2n) is 8.17. The molecule has 5 nitrogen and oxygen atoms in total. The highest BCUT2D eigenvalue weighted by molar-refractivity contribution is 8.02. The van der Waals surface area contributed by atoms with E-state index in [0.717, 1.165) is 39.5 Å².